The largest absolute Gasteiger partial charge is 0.472 e. The Labute approximate surface area is 370 Å². The van der Waals surface area contributed by atoms with Gasteiger partial charge < -0.3 is 39.9 Å². The number of hydrogen-bond donors (Lipinski definition) is 6. The van der Waals surface area contributed by atoms with E-state index in [1.54, 1.807) is 0 Å². The first kappa shape index (κ1) is 57.8. The van der Waals surface area contributed by atoms with Crippen molar-refractivity contribution >= 4 is 13.8 Å². The maximum Gasteiger partial charge on any atom is 0.472 e. The number of phosphoric acid groups is 1. The number of aliphatic hydroxyl groups is 5. The minimum atomic E-state index is -5.02. The van der Waals surface area contributed by atoms with E-state index in [1.165, 1.54) is 128 Å². The number of ether oxygens (including phenoxy) is 2. The fourth-order valence-corrected chi connectivity index (χ4v) is 8.59. The predicted octanol–water partition coefficient (Wildman–Crippen LogP) is 10.5. The monoisotopic (exact) mass is 891 g/mol. The third kappa shape index (κ3) is 31.4. The number of allylic oxidation sites excluding steroid dienone is 4. The lowest BCUT2D eigenvalue weighted by molar-refractivity contribution is -0.220. The zero-order valence-corrected chi connectivity index (χ0v) is 39.4. The van der Waals surface area contributed by atoms with Crippen LogP contribution in [0.15, 0.2) is 24.3 Å². The fourth-order valence-electron chi connectivity index (χ4n) is 7.62. The van der Waals surface area contributed by atoms with Crippen LogP contribution in [-0.4, -0.2) is 98.9 Å². The second kappa shape index (κ2) is 39.2. The minimum Gasteiger partial charge on any atom is -0.457 e. The first-order valence-electron chi connectivity index (χ1n) is 24.7. The molecule has 0 spiro atoms. The van der Waals surface area contributed by atoms with Crippen LogP contribution in [0.3, 0.4) is 0 Å². The van der Waals surface area contributed by atoms with Crippen molar-refractivity contribution in [1.29, 1.82) is 0 Å². The molecule has 6 unspecified atom stereocenters. The predicted molar refractivity (Wildman–Crippen MR) is 244 cm³/mol. The van der Waals surface area contributed by atoms with Crippen LogP contribution in [0.25, 0.3) is 0 Å². The van der Waals surface area contributed by atoms with Gasteiger partial charge in [0.25, 0.3) is 0 Å². The van der Waals surface area contributed by atoms with E-state index in [0.29, 0.717) is 13.0 Å². The second-order valence-corrected chi connectivity index (χ2v) is 18.7. The van der Waals surface area contributed by atoms with Crippen LogP contribution in [0, 0.1) is 0 Å². The molecule has 1 rings (SSSR count). The van der Waals surface area contributed by atoms with Crippen molar-refractivity contribution in [2.75, 3.05) is 19.8 Å². The summed E-state index contributed by atoms with van der Waals surface area (Å²) in [4.78, 5) is 23.2. The molecule has 61 heavy (non-hydrogen) atoms. The number of rotatable bonds is 42. The van der Waals surface area contributed by atoms with Crippen molar-refractivity contribution in [2.24, 2.45) is 0 Å². The second-order valence-electron chi connectivity index (χ2n) is 17.3. The SMILES string of the molecule is CCCCC/C=C\C/C=C\CCCCCCCCCC(=O)OC(COCCCCCCCCCCCCCCCCCCC)COP(=O)(O)OC1C(O)C(O)C(O)C(O)C1O. The minimum absolute atomic E-state index is 0.0756. The van der Waals surface area contributed by atoms with E-state index in [4.69, 9.17) is 18.5 Å². The number of aliphatic hydroxyl groups excluding tert-OH is 5. The van der Waals surface area contributed by atoms with Gasteiger partial charge in [0.2, 0.25) is 0 Å². The Morgan fingerprint density at radius 2 is 0.918 bits per heavy atom. The number of phosphoric ester groups is 1. The Hall–Kier alpha value is -1.18. The maximum atomic E-state index is 12.8. The highest BCUT2D eigenvalue weighted by Crippen LogP contribution is 2.47. The molecule has 13 heteroatoms. The lowest BCUT2D eigenvalue weighted by Crippen LogP contribution is -2.64. The quantitative estimate of drug-likeness (QED) is 0.0147. The van der Waals surface area contributed by atoms with E-state index in [-0.39, 0.29) is 13.0 Å². The van der Waals surface area contributed by atoms with Gasteiger partial charge >= 0.3 is 13.8 Å². The average molecular weight is 891 g/mol. The van der Waals surface area contributed by atoms with Crippen LogP contribution in [0.4, 0.5) is 0 Å². The molecule has 0 aliphatic heterocycles. The summed E-state index contributed by atoms with van der Waals surface area (Å²) in [5.41, 5.74) is 0. The molecule has 0 heterocycles. The molecular formula is C48H91O12P. The molecular weight excluding hydrogens is 799 g/mol. The normalized spacial score (nSPS) is 22.3. The van der Waals surface area contributed by atoms with E-state index in [1.807, 2.05) is 0 Å². The molecule has 12 nitrogen and oxygen atoms in total. The number of hydrogen-bond acceptors (Lipinski definition) is 11. The molecule has 1 aliphatic rings. The third-order valence-corrected chi connectivity index (χ3v) is 12.6. The van der Waals surface area contributed by atoms with Crippen LogP contribution in [0.5, 0.6) is 0 Å². The Bertz CT molecular complexity index is 1110. The van der Waals surface area contributed by atoms with Gasteiger partial charge in [-0.15, -0.1) is 0 Å². The zero-order valence-electron chi connectivity index (χ0n) is 38.5. The number of carbonyl (C=O) groups is 1. The van der Waals surface area contributed by atoms with Gasteiger partial charge in [-0.25, -0.2) is 4.57 Å². The van der Waals surface area contributed by atoms with Gasteiger partial charge in [-0.3, -0.25) is 13.8 Å². The van der Waals surface area contributed by atoms with Gasteiger partial charge in [0.1, 0.15) is 42.7 Å². The topological polar surface area (TPSA) is 192 Å². The van der Waals surface area contributed by atoms with Crippen molar-refractivity contribution < 1.29 is 58.3 Å². The summed E-state index contributed by atoms with van der Waals surface area (Å²) in [7, 11) is -5.02. The van der Waals surface area contributed by atoms with Gasteiger partial charge in [-0.1, -0.05) is 186 Å². The molecule has 6 atom stereocenters. The smallest absolute Gasteiger partial charge is 0.457 e. The van der Waals surface area contributed by atoms with E-state index in [2.05, 4.69) is 38.2 Å². The Morgan fingerprint density at radius 3 is 1.41 bits per heavy atom. The first-order valence-corrected chi connectivity index (χ1v) is 26.2. The van der Waals surface area contributed by atoms with Crippen LogP contribution < -0.4 is 0 Å². The first-order chi connectivity index (χ1) is 29.5. The standard InChI is InChI=1S/C48H91O12P/c1-3-5-7-9-11-13-15-17-19-21-23-25-27-29-31-33-35-37-42(49)59-41(40-58-61(55,56)60-48-46(53)44(51)43(50)45(52)47(48)54)39-57-38-36-34-32-30-28-26-24-22-20-18-16-14-12-10-8-6-4-2/h11,13,17,19,41,43-48,50-54H,3-10,12,14-16,18,20-40H2,1-2H3,(H,55,56)/b13-11-,19-17-. The van der Waals surface area contributed by atoms with Crippen molar-refractivity contribution in [1.82, 2.24) is 0 Å². The molecule has 360 valence electrons. The lowest BCUT2D eigenvalue weighted by atomic mass is 9.85. The average Bonchev–Trinajstić information content (AvgIpc) is 3.24. The van der Waals surface area contributed by atoms with Crippen molar-refractivity contribution in [3.63, 3.8) is 0 Å². The fraction of sp³-hybridized carbons (Fsp3) is 0.896. The Morgan fingerprint density at radius 1 is 0.525 bits per heavy atom. The van der Waals surface area contributed by atoms with Crippen LogP contribution in [-0.2, 0) is 27.9 Å². The lowest BCUT2D eigenvalue weighted by Gasteiger charge is -2.41. The van der Waals surface area contributed by atoms with Gasteiger partial charge in [-0.2, -0.15) is 0 Å². The molecule has 1 fully saturated rings. The highest BCUT2D eigenvalue weighted by atomic mass is 31.2. The summed E-state index contributed by atoms with van der Waals surface area (Å²) in [6.07, 6.45) is 32.4. The zero-order chi connectivity index (χ0) is 44.8. The molecule has 0 radical (unpaired) electrons. The van der Waals surface area contributed by atoms with E-state index < -0.39 is 63.1 Å². The third-order valence-electron chi connectivity index (χ3n) is 11.6. The van der Waals surface area contributed by atoms with Gasteiger partial charge in [-0.05, 0) is 44.9 Å². The molecule has 6 N–H and O–H groups in total. The summed E-state index contributed by atoms with van der Waals surface area (Å²) < 4.78 is 34.2. The molecule has 0 bridgehead atoms. The number of esters is 1. The summed E-state index contributed by atoms with van der Waals surface area (Å²) in [5.74, 6) is -0.482. The van der Waals surface area contributed by atoms with E-state index in [9.17, 15) is 39.8 Å². The van der Waals surface area contributed by atoms with E-state index in [0.717, 1.165) is 57.8 Å². The Kier molecular flexibility index (Phi) is 37.2. The molecule has 0 aromatic rings. The van der Waals surface area contributed by atoms with Crippen molar-refractivity contribution in [3.05, 3.63) is 24.3 Å². The van der Waals surface area contributed by atoms with Crippen molar-refractivity contribution in [3.8, 4) is 0 Å². The van der Waals surface area contributed by atoms with Crippen LogP contribution in [0.1, 0.15) is 213 Å². The van der Waals surface area contributed by atoms with Crippen LogP contribution >= 0.6 is 7.82 Å². The summed E-state index contributed by atoms with van der Waals surface area (Å²) >= 11 is 0. The molecule has 0 amide bonds. The maximum absolute atomic E-state index is 12.8. The Balaban J connectivity index is 2.36. The number of unbranched alkanes of at least 4 members (excludes halogenated alkanes) is 26. The molecule has 0 saturated heterocycles. The summed E-state index contributed by atoms with van der Waals surface area (Å²) in [6, 6.07) is 0. The van der Waals surface area contributed by atoms with Crippen molar-refractivity contribution in [2.45, 2.75) is 256 Å². The highest BCUT2D eigenvalue weighted by molar-refractivity contribution is 7.47. The van der Waals surface area contributed by atoms with E-state index >= 15 is 0 Å². The molecule has 1 saturated carbocycles. The molecule has 0 aromatic heterocycles. The summed E-state index contributed by atoms with van der Waals surface area (Å²) in [5, 5.41) is 50.2. The highest BCUT2D eigenvalue weighted by Gasteiger charge is 2.51. The van der Waals surface area contributed by atoms with Gasteiger partial charge in [0.15, 0.2) is 0 Å². The van der Waals surface area contributed by atoms with Gasteiger partial charge in [0, 0.05) is 13.0 Å². The summed E-state index contributed by atoms with van der Waals surface area (Å²) in [6.45, 7) is 4.26. The number of carbonyl (C=O) groups excluding carboxylic acids is 1. The molecule has 1 aliphatic carbocycles. The molecule has 0 aromatic carbocycles. The van der Waals surface area contributed by atoms with Gasteiger partial charge in [0.05, 0.1) is 13.2 Å². The van der Waals surface area contributed by atoms with Crippen LogP contribution in [0.2, 0.25) is 0 Å².